The highest BCUT2D eigenvalue weighted by atomic mass is 32.2. The van der Waals surface area contributed by atoms with Crippen molar-refractivity contribution in [3.05, 3.63) is 54.2 Å². The Labute approximate surface area is 141 Å². The summed E-state index contributed by atoms with van der Waals surface area (Å²) in [6, 6.07) is 12.6. The van der Waals surface area contributed by atoms with Gasteiger partial charge in [-0.05, 0) is 42.8 Å². The molecule has 24 heavy (non-hydrogen) atoms. The number of hydrogen-bond donors (Lipinski definition) is 2. The van der Waals surface area contributed by atoms with Crippen LogP contribution in [0.3, 0.4) is 0 Å². The molecule has 0 bridgehead atoms. The van der Waals surface area contributed by atoms with E-state index in [0.29, 0.717) is 5.69 Å². The Morgan fingerprint density at radius 3 is 2.62 bits per heavy atom. The number of aromatic hydroxyl groups is 1. The normalized spacial score (nSPS) is 11.5. The zero-order chi connectivity index (χ0) is 17.3. The van der Waals surface area contributed by atoms with E-state index >= 15 is 0 Å². The van der Waals surface area contributed by atoms with Crippen LogP contribution in [0.4, 0.5) is 17.1 Å². The van der Waals surface area contributed by atoms with E-state index in [1.165, 1.54) is 0 Å². The van der Waals surface area contributed by atoms with Crippen LogP contribution in [0.25, 0.3) is 10.9 Å². The summed E-state index contributed by atoms with van der Waals surface area (Å²) >= 11 is 0. The first-order chi connectivity index (χ1) is 11.3. The molecule has 0 unspecified atom stereocenters. The van der Waals surface area contributed by atoms with E-state index in [4.69, 9.17) is 0 Å². The van der Waals surface area contributed by atoms with Crippen molar-refractivity contribution in [1.82, 2.24) is 4.98 Å². The molecule has 6 heteroatoms. The molecule has 2 N–H and O–H groups in total. The summed E-state index contributed by atoms with van der Waals surface area (Å²) in [4.78, 5) is 4.36. The van der Waals surface area contributed by atoms with Gasteiger partial charge in [-0.1, -0.05) is 6.07 Å². The van der Waals surface area contributed by atoms with Crippen LogP contribution in [-0.2, 0) is 9.73 Å². The highest BCUT2D eigenvalue weighted by Crippen LogP contribution is 2.31. The maximum atomic E-state index is 11.9. The Balaban J connectivity index is 2.12. The molecule has 0 fully saturated rings. The number of rotatable bonds is 3. The second-order valence-electron chi connectivity index (χ2n) is 5.96. The number of phenolic OH excluding ortho intramolecular Hbond substituents is 1. The van der Waals surface area contributed by atoms with Crippen LogP contribution in [0.5, 0.6) is 5.75 Å². The van der Waals surface area contributed by atoms with Gasteiger partial charge >= 0.3 is 0 Å². The fourth-order valence-corrected chi connectivity index (χ4v) is 3.06. The lowest BCUT2D eigenvalue weighted by molar-refractivity contribution is 0.475. The third-order valence-electron chi connectivity index (χ3n) is 3.54. The SMILES string of the molecule is Cc1ccc(O)cc1Nc1ccnc2ccc(N=S(C)(C)=O)cc12. The number of hydrogen-bond acceptors (Lipinski definition) is 5. The average Bonchev–Trinajstić information content (AvgIpc) is 2.50. The third kappa shape index (κ3) is 3.65. The number of fused-ring (bicyclic) bond motifs is 1. The molecule has 1 aromatic heterocycles. The first-order valence-electron chi connectivity index (χ1n) is 7.44. The van der Waals surface area contributed by atoms with Crippen LogP contribution < -0.4 is 5.32 Å². The Bertz CT molecular complexity index is 1030. The van der Waals surface area contributed by atoms with Gasteiger partial charge in [-0.25, -0.2) is 4.21 Å². The van der Waals surface area contributed by atoms with E-state index < -0.39 is 9.73 Å². The van der Waals surface area contributed by atoms with Gasteiger partial charge in [0.15, 0.2) is 0 Å². The van der Waals surface area contributed by atoms with Gasteiger partial charge in [0.25, 0.3) is 0 Å². The fourth-order valence-electron chi connectivity index (χ4n) is 2.44. The molecule has 0 aliphatic heterocycles. The van der Waals surface area contributed by atoms with Gasteiger partial charge in [0.2, 0.25) is 0 Å². The lowest BCUT2D eigenvalue weighted by Crippen LogP contribution is -1.95. The van der Waals surface area contributed by atoms with E-state index in [1.54, 1.807) is 30.8 Å². The summed E-state index contributed by atoms with van der Waals surface area (Å²) in [5, 5.41) is 13.9. The largest absolute Gasteiger partial charge is 0.508 e. The van der Waals surface area contributed by atoms with Crippen LogP contribution in [0.2, 0.25) is 0 Å². The van der Waals surface area contributed by atoms with Gasteiger partial charge in [-0.2, -0.15) is 4.36 Å². The molecular weight excluding hydrogens is 322 g/mol. The number of nitrogens with zero attached hydrogens (tertiary/aromatic N) is 2. The predicted molar refractivity (Wildman–Crippen MR) is 99.9 cm³/mol. The second-order valence-corrected chi connectivity index (χ2v) is 8.50. The standard InChI is InChI=1S/C18H19N3O2S/c1-12-4-6-14(22)11-18(12)20-17-8-9-19-16-7-5-13(10-15(16)17)21-24(2,3)23/h4-11,22H,1-3H3,(H,19,20). The molecule has 3 aromatic rings. The van der Waals surface area contributed by atoms with Crippen molar-refractivity contribution in [2.24, 2.45) is 4.36 Å². The van der Waals surface area contributed by atoms with Crippen molar-refractivity contribution < 1.29 is 9.32 Å². The molecule has 5 nitrogen and oxygen atoms in total. The van der Waals surface area contributed by atoms with Crippen molar-refractivity contribution in [1.29, 1.82) is 0 Å². The lowest BCUT2D eigenvalue weighted by Gasteiger charge is -2.12. The van der Waals surface area contributed by atoms with Crippen LogP contribution in [0.1, 0.15) is 5.56 Å². The Hall–Kier alpha value is -2.60. The maximum absolute atomic E-state index is 11.9. The molecule has 0 aliphatic carbocycles. The van der Waals surface area contributed by atoms with Gasteiger partial charge in [0, 0.05) is 51.3 Å². The molecule has 0 atom stereocenters. The van der Waals surface area contributed by atoms with E-state index in [0.717, 1.165) is 27.8 Å². The number of benzene rings is 2. The maximum Gasteiger partial charge on any atom is 0.117 e. The first-order valence-corrected chi connectivity index (χ1v) is 9.77. The van der Waals surface area contributed by atoms with Crippen LogP contribution >= 0.6 is 0 Å². The Kier molecular flexibility index (Phi) is 4.15. The summed E-state index contributed by atoms with van der Waals surface area (Å²) in [6.07, 6.45) is 4.94. The number of anilines is 2. The summed E-state index contributed by atoms with van der Waals surface area (Å²) in [6.45, 7) is 1.97. The van der Waals surface area contributed by atoms with E-state index in [1.807, 2.05) is 37.3 Å². The van der Waals surface area contributed by atoms with Crippen molar-refractivity contribution in [2.75, 3.05) is 17.8 Å². The van der Waals surface area contributed by atoms with E-state index in [2.05, 4.69) is 14.7 Å². The van der Waals surface area contributed by atoms with Gasteiger partial charge in [0.1, 0.15) is 5.75 Å². The fraction of sp³-hybridized carbons (Fsp3) is 0.167. The van der Waals surface area contributed by atoms with Gasteiger partial charge < -0.3 is 10.4 Å². The molecule has 2 aromatic carbocycles. The third-order valence-corrected chi connectivity index (χ3v) is 4.19. The summed E-state index contributed by atoms with van der Waals surface area (Å²) in [5.74, 6) is 0.203. The molecule has 0 aliphatic rings. The minimum atomic E-state index is -2.23. The molecule has 0 spiro atoms. The Morgan fingerprint density at radius 2 is 1.88 bits per heavy atom. The monoisotopic (exact) mass is 341 g/mol. The zero-order valence-corrected chi connectivity index (χ0v) is 14.6. The number of aromatic nitrogens is 1. The molecule has 124 valence electrons. The molecule has 0 amide bonds. The minimum absolute atomic E-state index is 0.203. The Morgan fingerprint density at radius 1 is 1.08 bits per heavy atom. The number of pyridine rings is 1. The smallest absolute Gasteiger partial charge is 0.117 e. The second kappa shape index (κ2) is 6.13. The minimum Gasteiger partial charge on any atom is -0.508 e. The van der Waals surface area contributed by atoms with Crippen molar-refractivity contribution in [2.45, 2.75) is 6.92 Å². The van der Waals surface area contributed by atoms with Crippen molar-refractivity contribution in [3.63, 3.8) is 0 Å². The summed E-state index contributed by atoms with van der Waals surface area (Å²) in [5.41, 5.74) is 4.16. The summed E-state index contributed by atoms with van der Waals surface area (Å²) in [7, 11) is -2.23. The quantitative estimate of drug-likeness (QED) is 0.742. The van der Waals surface area contributed by atoms with Gasteiger partial charge in [-0.3, -0.25) is 4.98 Å². The van der Waals surface area contributed by atoms with Crippen molar-refractivity contribution >= 4 is 37.7 Å². The summed E-state index contributed by atoms with van der Waals surface area (Å²) < 4.78 is 16.2. The molecular formula is C18H19N3O2S. The van der Waals surface area contributed by atoms with Gasteiger partial charge in [0.05, 0.1) is 11.2 Å². The van der Waals surface area contributed by atoms with Crippen LogP contribution in [-0.4, -0.2) is 26.8 Å². The zero-order valence-electron chi connectivity index (χ0n) is 13.8. The first kappa shape index (κ1) is 16.3. The average molecular weight is 341 g/mol. The molecule has 1 heterocycles. The van der Waals surface area contributed by atoms with Crippen LogP contribution in [0, 0.1) is 6.92 Å². The number of aryl methyl sites for hydroxylation is 1. The molecule has 0 radical (unpaired) electrons. The van der Waals surface area contributed by atoms with E-state index in [-0.39, 0.29) is 5.75 Å². The number of phenols is 1. The molecule has 0 saturated heterocycles. The predicted octanol–water partition coefficient (Wildman–Crippen LogP) is 4.35. The van der Waals surface area contributed by atoms with Gasteiger partial charge in [-0.15, -0.1) is 0 Å². The highest BCUT2D eigenvalue weighted by Gasteiger charge is 2.07. The lowest BCUT2D eigenvalue weighted by atomic mass is 10.1. The van der Waals surface area contributed by atoms with Crippen LogP contribution in [0.15, 0.2) is 53.0 Å². The van der Waals surface area contributed by atoms with E-state index in [9.17, 15) is 9.32 Å². The van der Waals surface area contributed by atoms with Crippen molar-refractivity contribution in [3.8, 4) is 5.75 Å². The molecule has 3 rings (SSSR count). The molecule has 0 saturated carbocycles. The number of nitrogens with one attached hydrogen (secondary N) is 1. The topological polar surface area (TPSA) is 74.6 Å². The highest BCUT2D eigenvalue weighted by molar-refractivity contribution is 7.92.